The molecule has 2 fully saturated rings. The summed E-state index contributed by atoms with van der Waals surface area (Å²) in [5.41, 5.74) is 1.14. The van der Waals surface area contributed by atoms with E-state index in [2.05, 4.69) is 10.1 Å². The monoisotopic (exact) mass is 368 g/mol. The van der Waals surface area contributed by atoms with Crippen LogP contribution in [0.25, 0.3) is 0 Å². The Morgan fingerprint density at radius 1 is 1.26 bits per heavy atom. The second-order valence-corrected chi connectivity index (χ2v) is 7.51. The maximum atomic E-state index is 12.5. The molecule has 1 aromatic heterocycles. The van der Waals surface area contributed by atoms with Crippen molar-refractivity contribution in [2.24, 2.45) is 0 Å². The molecule has 1 atom stereocenters. The summed E-state index contributed by atoms with van der Waals surface area (Å²) in [6.45, 7) is 0.960. The van der Waals surface area contributed by atoms with E-state index < -0.39 is 0 Å². The van der Waals surface area contributed by atoms with E-state index in [4.69, 9.17) is 4.52 Å². The Morgan fingerprint density at radius 2 is 2.04 bits per heavy atom. The van der Waals surface area contributed by atoms with Gasteiger partial charge in [-0.15, -0.1) is 0 Å². The third kappa shape index (κ3) is 3.86. The summed E-state index contributed by atoms with van der Waals surface area (Å²) in [5.74, 6) is 1.63. The van der Waals surface area contributed by atoms with Crippen LogP contribution in [-0.4, -0.2) is 51.9 Å². The maximum absolute atomic E-state index is 12.5. The number of amides is 2. The largest absolute Gasteiger partial charge is 0.339 e. The Bertz CT molecular complexity index is 816. The molecule has 1 aromatic carbocycles. The third-order valence-corrected chi connectivity index (χ3v) is 5.55. The van der Waals surface area contributed by atoms with Crippen molar-refractivity contribution >= 4 is 11.8 Å². The van der Waals surface area contributed by atoms with Gasteiger partial charge in [-0.05, 0) is 18.4 Å². The van der Waals surface area contributed by atoms with Crippen LogP contribution in [-0.2, 0) is 16.1 Å². The minimum atomic E-state index is -0.118. The molecule has 0 radical (unpaired) electrons. The van der Waals surface area contributed by atoms with Crippen LogP contribution in [0, 0.1) is 0 Å². The standard InChI is InChI=1S/C20H24N4O3/c1-23(12-17-21-20(27-22-17)15-8-5-9-15)19(26)13-24-11-16(10-18(24)25)14-6-3-2-4-7-14/h2-4,6-7,15-16H,5,8-13H2,1H3. The summed E-state index contributed by atoms with van der Waals surface area (Å²) in [7, 11) is 1.71. The van der Waals surface area contributed by atoms with Crippen molar-refractivity contribution in [3.05, 3.63) is 47.6 Å². The lowest BCUT2D eigenvalue weighted by Crippen LogP contribution is -2.39. The summed E-state index contributed by atoms with van der Waals surface area (Å²) >= 11 is 0. The molecular formula is C20H24N4O3. The molecule has 2 aliphatic rings. The van der Waals surface area contributed by atoms with Crippen molar-refractivity contribution in [1.82, 2.24) is 19.9 Å². The summed E-state index contributed by atoms with van der Waals surface area (Å²) < 4.78 is 5.30. The van der Waals surface area contributed by atoms with E-state index in [-0.39, 0.29) is 24.3 Å². The summed E-state index contributed by atoms with van der Waals surface area (Å²) in [4.78, 5) is 32.5. The van der Waals surface area contributed by atoms with Crippen molar-refractivity contribution in [1.29, 1.82) is 0 Å². The van der Waals surface area contributed by atoms with Gasteiger partial charge in [0.2, 0.25) is 17.7 Å². The van der Waals surface area contributed by atoms with Crippen LogP contribution in [0.4, 0.5) is 0 Å². The van der Waals surface area contributed by atoms with Crippen LogP contribution in [0.3, 0.4) is 0 Å². The number of likely N-dealkylation sites (tertiary alicyclic amines) is 1. The quantitative estimate of drug-likeness (QED) is 0.782. The van der Waals surface area contributed by atoms with Gasteiger partial charge in [-0.25, -0.2) is 0 Å². The van der Waals surface area contributed by atoms with E-state index in [9.17, 15) is 9.59 Å². The van der Waals surface area contributed by atoms with Crippen molar-refractivity contribution in [2.75, 3.05) is 20.1 Å². The number of benzene rings is 1. The molecule has 2 amide bonds. The first kappa shape index (κ1) is 17.7. The van der Waals surface area contributed by atoms with Crippen molar-refractivity contribution < 1.29 is 14.1 Å². The second kappa shape index (κ2) is 7.50. The van der Waals surface area contributed by atoms with Crippen LogP contribution >= 0.6 is 0 Å². The molecule has 0 N–H and O–H groups in total. The number of nitrogens with zero attached hydrogens (tertiary/aromatic N) is 4. The average molecular weight is 368 g/mol. The van der Waals surface area contributed by atoms with Gasteiger partial charge < -0.3 is 14.3 Å². The van der Waals surface area contributed by atoms with E-state index in [1.807, 2.05) is 30.3 Å². The van der Waals surface area contributed by atoms with Gasteiger partial charge in [0.25, 0.3) is 0 Å². The van der Waals surface area contributed by atoms with Gasteiger partial charge >= 0.3 is 0 Å². The molecule has 1 saturated carbocycles. The molecule has 27 heavy (non-hydrogen) atoms. The number of likely N-dealkylation sites (N-methyl/N-ethyl adjacent to an activating group) is 1. The Kier molecular flexibility index (Phi) is 4.92. The zero-order chi connectivity index (χ0) is 18.8. The minimum absolute atomic E-state index is 0.0254. The number of carbonyl (C=O) groups excluding carboxylic acids is 2. The highest BCUT2D eigenvalue weighted by atomic mass is 16.5. The molecule has 7 nitrogen and oxygen atoms in total. The fraction of sp³-hybridized carbons (Fsp3) is 0.500. The van der Waals surface area contributed by atoms with Crippen LogP contribution in [0.5, 0.6) is 0 Å². The molecule has 0 bridgehead atoms. The highest BCUT2D eigenvalue weighted by Gasteiger charge is 2.32. The Hall–Kier alpha value is -2.70. The smallest absolute Gasteiger partial charge is 0.242 e. The SMILES string of the molecule is CN(Cc1noc(C2CCC2)n1)C(=O)CN1CC(c2ccccc2)CC1=O. The zero-order valence-corrected chi connectivity index (χ0v) is 15.5. The van der Waals surface area contributed by atoms with E-state index in [1.165, 1.54) is 6.42 Å². The van der Waals surface area contributed by atoms with E-state index in [0.29, 0.717) is 37.1 Å². The molecule has 142 valence electrons. The van der Waals surface area contributed by atoms with Gasteiger partial charge in [-0.3, -0.25) is 9.59 Å². The molecule has 1 saturated heterocycles. The molecule has 1 aliphatic carbocycles. The average Bonchev–Trinajstić information content (AvgIpc) is 3.21. The number of rotatable bonds is 6. The van der Waals surface area contributed by atoms with Gasteiger partial charge in [-0.2, -0.15) is 4.98 Å². The molecule has 4 rings (SSSR count). The molecular weight excluding hydrogens is 344 g/mol. The van der Waals surface area contributed by atoms with Gasteiger partial charge in [0, 0.05) is 31.8 Å². The highest BCUT2D eigenvalue weighted by molar-refractivity contribution is 5.86. The number of hydrogen-bond acceptors (Lipinski definition) is 5. The first-order chi connectivity index (χ1) is 13.1. The van der Waals surface area contributed by atoms with Gasteiger partial charge in [0.1, 0.15) is 0 Å². The minimum Gasteiger partial charge on any atom is -0.339 e. The summed E-state index contributed by atoms with van der Waals surface area (Å²) in [5, 5.41) is 3.98. The first-order valence-electron chi connectivity index (χ1n) is 9.49. The normalized spacial score (nSPS) is 20.0. The molecule has 1 aliphatic heterocycles. The fourth-order valence-corrected chi connectivity index (χ4v) is 3.61. The number of aromatic nitrogens is 2. The van der Waals surface area contributed by atoms with Crippen LogP contribution in [0.15, 0.2) is 34.9 Å². The maximum Gasteiger partial charge on any atom is 0.242 e. The van der Waals surface area contributed by atoms with E-state index in [0.717, 1.165) is 18.4 Å². The van der Waals surface area contributed by atoms with Crippen LogP contribution in [0.2, 0.25) is 0 Å². The zero-order valence-electron chi connectivity index (χ0n) is 15.5. The topological polar surface area (TPSA) is 79.5 Å². The molecule has 7 heteroatoms. The predicted octanol–water partition coefficient (Wildman–Crippen LogP) is 2.31. The van der Waals surface area contributed by atoms with Crippen LogP contribution < -0.4 is 0 Å². The molecule has 2 aromatic rings. The van der Waals surface area contributed by atoms with Gasteiger partial charge in [0.05, 0.1) is 13.1 Å². The van der Waals surface area contributed by atoms with Crippen molar-refractivity contribution in [3.8, 4) is 0 Å². The summed E-state index contributed by atoms with van der Waals surface area (Å²) in [6, 6.07) is 9.98. The van der Waals surface area contributed by atoms with Crippen LogP contribution in [0.1, 0.15) is 54.8 Å². The lowest BCUT2D eigenvalue weighted by Gasteiger charge is -2.21. The molecule has 1 unspecified atom stereocenters. The van der Waals surface area contributed by atoms with Gasteiger partial charge in [-0.1, -0.05) is 41.9 Å². The lowest BCUT2D eigenvalue weighted by atomic mass is 9.85. The predicted molar refractivity (Wildman–Crippen MR) is 97.7 cm³/mol. The summed E-state index contributed by atoms with van der Waals surface area (Å²) in [6.07, 6.45) is 3.84. The number of carbonyl (C=O) groups is 2. The molecule has 0 spiro atoms. The van der Waals surface area contributed by atoms with Crippen molar-refractivity contribution in [2.45, 2.75) is 44.1 Å². The van der Waals surface area contributed by atoms with E-state index in [1.54, 1.807) is 16.8 Å². The third-order valence-electron chi connectivity index (χ3n) is 5.55. The Labute approximate surface area is 158 Å². The lowest BCUT2D eigenvalue weighted by molar-refractivity contribution is -0.137. The number of hydrogen-bond donors (Lipinski definition) is 0. The van der Waals surface area contributed by atoms with E-state index >= 15 is 0 Å². The Morgan fingerprint density at radius 3 is 2.74 bits per heavy atom. The second-order valence-electron chi connectivity index (χ2n) is 7.51. The molecule has 2 heterocycles. The first-order valence-corrected chi connectivity index (χ1v) is 9.49. The van der Waals surface area contributed by atoms with Gasteiger partial charge in [0.15, 0.2) is 5.82 Å². The Balaban J connectivity index is 1.31. The highest BCUT2D eigenvalue weighted by Crippen LogP contribution is 2.35. The van der Waals surface area contributed by atoms with Crippen molar-refractivity contribution in [3.63, 3.8) is 0 Å². The fourth-order valence-electron chi connectivity index (χ4n) is 3.61.